The first-order chi connectivity index (χ1) is 22.7. The van der Waals surface area contributed by atoms with E-state index in [4.69, 9.17) is 0 Å². The lowest BCUT2D eigenvalue weighted by atomic mass is 10.00. The van der Waals surface area contributed by atoms with E-state index in [1.54, 1.807) is 0 Å². The standard InChI is InChI=1S/C42H58N2OP/c1-2-3-4-14-24-38(44-35-34-43-37-44)25-15-9-7-5-6-8-10-16-26-39(45)27-23-36-46(40-28-17-11-18-29-40,41-30-19-12-20-31-41)42-32-21-13-22-33-42/h11-13,17-22,28-35,37-38H,2-10,14-16,23-27,36H2,1H3/q+1. The molecular weight excluding hydrogens is 579 g/mol. The highest BCUT2D eigenvalue weighted by Crippen LogP contribution is 2.55. The maximum Gasteiger partial charge on any atom is 0.133 e. The number of unbranched alkanes of at least 4 members (excludes halogenated alkanes) is 10. The molecule has 0 aliphatic carbocycles. The van der Waals surface area contributed by atoms with Crippen LogP contribution in [0, 0.1) is 0 Å². The summed E-state index contributed by atoms with van der Waals surface area (Å²) in [5, 5.41) is 4.21. The summed E-state index contributed by atoms with van der Waals surface area (Å²) in [6, 6.07) is 33.7. The highest BCUT2D eigenvalue weighted by atomic mass is 31.2. The molecule has 0 aliphatic rings. The molecule has 0 radical (unpaired) electrons. The van der Waals surface area contributed by atoms with Crippen molar-refractivity contribution in [3.8, 4) is 0 Å². The van der Waals surface area contributed by atoms with Gasteiger partial charge in [-0.15, -0.1) is 0 Å². The Bertz CT molecular complexity index is 1230. The molecule has 0 fully saturated rings. The normalized spacial score (nSPS) is 12.3. The monoisotopic (exact) mass is 637 g/mol. The molecule has 0 bridgehead atoms. The van der Waals surface area contributed by atoms with E-state index in [0.717, 1.165) is 25.4 Å². The van der Waals surface area contributed by atoms with Gasteiger partial charge in [-0.2, -0.15) is 0 Å². The molecule has 0 amide bonds. The van der Waals surface area contributed by atoms with Crippen LogP contribution in [0.5, 0.6) is 0 Å². The van der Waals surface area contributed by atoms with Gasteiger partial charge in [0.15, 0.2) is 0 Å². The summed E-state index contributed by atoms with van der Waals surface area (Å²) < 4.78 is 2.33. The summed E-state index contributed by atoms with van der Waals surface area (Å²) in [7, 11) is -1.84. The van der Waals surface area contributed by atoms with Gasteiger partial charge in [0.2, 0.25) is 0 Å². The van der Waals surface area contributed by atoms with E-state index in [-0.39, 0.29) is 0 Å². The highest BCUT2D eigenvalue weighted by molar-refractivity contribution is 7.95. The number of imidazole rings is 1. The van der Waals surface area contributed by atoms with Crippen molar-refractivity contribution in [2.75, 3.05) is 6.16 Å². The van der Waals surface area contributed by atoms with E-state index in [0.29, 0.717) is 18.2 Å². The van der Waals surface area contributed by atoms with Crippen LogP contribution in [-0.2, 0) is 4.79 Å². The van der Waals surface area contributed by atoms with Crippen LogP contribution in [-0.4, -0.2) is 21.5 Å². The Morgan fingerprint density at radius 2 is 1.07 bits per heavy atom. The zero-order valence-electron chi connectivity index (χ0n) is 28.4. The average Bonchev–Trinajstić information content (AvgIpc) is 3.65. The minimum absolute atomic E-state index is 0.439. The van der Waals surface area contributed by atoms with Crippen LogP contribution in [0.4, 0.5) is 0 Å². The topological polar surface area (TPSA) is 34.9 Å². The second kappa shape index (κ2) is 21.0. The third kappa shape index (κ3) is 11.3. The predicted octanol–water partition coefficient (Wildman–Crippen LogP) is 10.6. The Hall–Kier alpha value is -3.03. The molecule has 0 saturated carbocycles. The highest BCUT2D eigenvalue weighted by Gasteiger charge is 2.44. The molecule has 1 heterocycles. The van der Waals surface area contributed by atoms with Crippen LogP contribution in [0.25, 0.3) is 0 Å². The van der Waals surface area contributed by atoms with Crippen LogP contribution in [0.15, 0.2) is 110 Å². The molecule has 46 heavy (non-hydrogen) atoms. The van der Waals surface area contributed by atoms with Crippen molar-refractivity contribution in [2.45, 2.75) is 122 Å². The zero-order chi connectivity index (χ0) is 32.1. The van der Waals surface area contributed by atoms with Gasteiger partial charge < -0.3 is 4.57 Å². The van der Waals surface area contributed by atoms with E-state index in [2.05, 4.69) is 114 Å². The Morgan fingerprint density at radius 3 is 1.54 bits per heavy atom. The van der Waals surface area contributed by atoms with Crippen molar-refractivity contribution in [3.63, 3.8) is 0 Å². The zero-order valence-corrected chi connectivity index (χ0v) is 29.3. The molecular formula is C42H58N2OP+. The van der Waals surface area contributed by atoms with Crippen LogP contribution in [0.1, 0.15) is 122 Å². The third-order valence-corrected chi connectivity index (χ3v) is 14.1. The van der Waals surface area contributed by atoms with Crippen molar-refractivity contribution >= 4 is 29.0 Å². The maximum absolute atomic E-state index is 13.0. The van der Waals surface area contributed by atoms with Crippen LogP contribution in [0.3, 0.4) is 0 Å². The van der Waals surface area contributed by atoms with Gasteiger partial charge in [-0.05, 0) is 62.1 Å². The lowest BCUT2D eigenvalue weighted by Gasteiger charge is -2.27. The summed E-state index contributed by atoms with van der Waals surface area (Å²) in [6.07, 6.45) is 27.4. The average molecular weight is 638 g/mol. The summed E-state index contributed by atoms with van der Waals surface area (Å²) in [4.78, 5) is 17.3. The Kier molecular flexibility index (Phi) is 16.3. The molecule has 4 rings (SSSR count). The number of benzene rings is 3. The van der Waals surface area contributed by atoms with Crippen LogP contribution < -0.4 is 15.9 Å². The summed E-state index contributed by atoms with van der Waals surface area (Å²) >= 11 is 0. The number of Topliss-reactive ketones (excluding diaryl/α,β-unsaturated/α-hetero) is 1. The van der Waals surface area contributed by atoms with Gasteiger partial charge in [0, 0.05) is 31.3 Å². The Balaban J connectivity index is 1.13. The van der Waals surface area contributed by atoms with Gasteiger partial charge in [-0.3, -0.25) is 4.79 Å². The molecule has 0 saturated heterocycles. The number of carbonyl (C=O) groups excluding carboxylic acids is 1. The van der Waals surface area contributed by atoms with Crippen molar-refractivity contribution in [3.05, 3.63) is 110 Å². The number of hydrogen-bond acceptors (Lipinski definition) is 2. The molecule has 1 aromatic heterocycles. The molecule has 3 nitrogen and oxygen atoms in total. The first kappa shape index (κ1) is 35.8. The fraction of sp³-hybridized carbons (Fsp3) is 0.476. The molecule has 0 N–H and O–H groups in total. The van der Waals surface area contributed by atoms with Gasteiger partial charge >= 0.3 is 0 Å². The summed E-state index contributed by atoms with van der Waals surface area (Å²) in [5.41, 5.74) is 0. The van der Waals surface area contributed by atoms with E-state index in [9.17, 15) is 4.79 Å². The van der Waals surface area contributed by atoms with Crippen molar-refractivity contribution in [1.82, 2.24) is 9.55 Å². The minimum Gasteiger partial charge on any atom is -0.334 e. The Morgan fingerprint density at radius 1 is 0.609 bits per heavy atom. The fourth-order valence-electron chi connectivity index (χ4n) is 7.02. The number of hydrogen-bond donors (Lipinski definition) is 0. The first-order valence-corrected chi connectivity index (χ1v) is 20.3. The molecule has 1 unspecified atom stereocenters. The van der Waals surface area contributed by atoms with Gasteiger partial charge in [-0.25, -0.2) is 4.98 Å². The molecule has 246 valence electrons. The Labute approximate surface area is 280 Å². The maximum atomic E-state index is 13.0. The predicted molar refractivity (Wildman–Crippen MR) is 200 cm³/mol. The van der Waals surface area contributed by atoms with E-state index >= 15 is 0 Å². The molecule has 4 aromatic rings. The molecule has 0 aliphatic heterocycles. The lowest BCUT2D eigenvalue weighted by molar-refractivity contribution is -0.119. The van der Waals surface area contributed by atoms with Gasteiger partial charge in [0.05, 0.1) is 12.5 Å². The first-order valence-electron chi connectivity index (χ1n) is 18.3. The number of ketones is 1. The SMILES string of the molecule is CCCCCCC(CCCCCCCCCCC(=O)CCC[P+](c1ccccc1)(c1ccccc1)c1ccccc1)n1ccnc1. The number of nitrogens with zero attached hydrogens (tertiary/aromatic N) is 2. The molecule has 1 atom stereocenters. The lowest BCUT2D eigenvalue weighted by Crippen LogP contribution is -2.33. The summed E-state index contributed by atoms with van der Waals surface area (Å²) in [5.74, 6) is 0.439. The van der Waals surface area contributed by atoms with E-state index in [1.807, 2.05) is 12.5 Å². The van der Waals surface area contributed by atoms with Gasteiger partial charge in [0.1, 0.15) is 29.0 Å². The van der Waals surface area contributed by atoms with Crippen molar-refractivity contribution in [1.29, 1.82) is 0 Å². The third-order valence-electron chi connectivity index (χ3n) is 9.62. The van der Waals surface area contributed by atoms with Crippen LogP contribution >= 0.6 is 7.26 Å². The largest absolute Gasteiger partial charge is 0.334 e. The minimum atomic E-state index is -1.84. The second-order valence-electron chi connectivity index (χ2n) is 13.1. The van der Waals surface area contributed by atoms with Crippen LogP contribution in [0.2, 0.25) is 0 Å². The smallest absolute Gasteiger partial charge is 0.133 e. The quantitative estimate of drug-likeness (QED) is 0.0566. The van der Waals surface area contributed by atoms with Crippen molar-refractivity contribution < 1.29 is 4.79 Å². The fourth-order valence-corrected chi connectivity index (χ4v) is 11.4. The molecule has 0 spiro atoms. The molecule has 4 heteroatoms. The number of rotatable bonds is 24. The van der Waals surface area contributed by atoms with Gasteiger partial charge in [-0.1, -0.05) is 132 Å². The molecule has 3 aromatic carbocycles. The van der Waals surface area contributed by atoms with Crippen molar-refractivity contribution in [2.24, 2.45) is 0 Å². The number of aromatic nitrogens is 2. The van der Waals surface area contributed by atoms with E-state index in [1.165, 1.54) is 99.4 Å². The second-order valence-corrected chi connectivity index (χ2v) is 16.7. The van der Waals surface area contributed by atoms with E-state index < -0.39 is 7.26 Å². The summed E-state index contributed by atoms with van der Waals surface area (Å²) in [6.45, 7) is 2.28. The number of carbonyl (C=O) groups is 1. The van der Waals surface area contributed by atoms with Gasteiger partial charge in [0.25, 0.3) is 0 Å².